The fourth-order valence-corrected chi connectivity index (χ4v) is 3.59. The topological polar surface area (TPSA) is 72.9 Å². The molecule has 0 aliphatic carbocycles. The van der Waals surface area contributed by atoms with Crippen molar-refractivity contribution in [1.29, 1.82) is 0 Å². The maximum Gasteiger partial charge on any atom is 0.404 e. The average molecular weight is 351 g/mol. The minimum Gasteiger partial charge on any atom is -0.465 e. The Kier molecular flexibility index (Phi) is 7.39. The van der Waals surface area contributed by atoms with Gasteiger partial charge in [0.05, 0.1) is 0 Å². The molecule has 132 valence electrons. The number of benzene rings is 1. The minimum absolute atomic E-state index is 0.116. The predicted octanol–water partition coefficient (Wildman–Crippen LogP) is 1.97. The Morgan fingerprint density at radius 2 is 1.88 bits per heavy atom. The Morgan fingerprint density at radius 3 is 2.50 bits per heavy atom. The van der Waals surface area contributed by atoms with Crippen LogP contribution in [-0.2, 0) is 4.79 Å². The normalized spacial score (nSPS) is 16.6. The van der Waals surface area contributed by atoms with E-state index < -0.39 is 6.09 Å². The number of carbonyl (C=O) groups is 2. The molecule has 0 saturated carbocycles. The van der Waals surface area contributed by atoms with Crippen molar-refractivity contribution in [3.05, 3.63) is 30.3 Å². The molecule has 6 nitrogen and oxygen atoms in total. The Bertz CT molecular complexity index is 533. The highest BCUT2D eigenvalue weighted by molar-refractivity contribution is 7.99. The molecule has 1 saturated heterocycles. The van der Waals surface area contributed by atoms with E-state index in [1.807, 2.05) is 35.2 Å². The van der Waals surface area contributed by atoms with E-state index in [-0.39, 0.29) is 11.9 Å². The molecule has 0 spiro atoms. The molecular formula is C17H25N3O3S. The zero-order valence-corrected chi connectivity index (χ0v) is 14.8. The minimum atomic E-state index is -1.04. The number of rotatable bonds is 7. The molecule has 1 heterocycles. The molecule has 7 heteroatoms. The molecule has 1 fully saturated rings. The van der Waals surface area contributed by atoms with Crippen LogP contribution in [0.3, 0.4) is 0 Å². The van der Waals surface area contributed by atoms with E-state index in [0.29, 0.717) is 18.6 Å². The first kappa shape index (κ1) is 18.6. The smallest absolute Gasteiger partial charge is 0.404 e. The number of nitrogens with zero attached hydrogens (tertiary/aromatic N) is 2. The fraction of sp³-hybridized carbons (Fsp3) is 0.529. The van der Waals surface area contributed by atoms with Gasteiger partial charge in [0.25, 0.3) is 0 Å². The molecule has 0 radical (unpaired) electrons. The number of amides is 2. The SMILES string of the molecule is CN1CCN(C(=O)CC[C@H](CSc2ccccc2)NC(=O)O)CC1. The van der Waals surface area contributed by atoms with Gasteiger partial charge in [-0.3, -0.25) is 4.79 Å². The summed E-state index contributed by atoms with van der Waals surface area (Å²) >= 11 is 1.60. The zero-order valence-electron chi connectivity index (χ0n) is 14.0. The van der Waals surface area contributed by atoms with Gasteiger partial charge in [0.2, 0.25) is 5.91 Å². The quantitative estimate of drug-likeness (QED) is 0.735. The predicted molar refractivity (Wildman–Crippen MR) is 95.4 cm³/mol. The second-order valence-corrected chi connectivity index (χ2v) is 7.09. The van der Waals surface area contributed by atoms with E-state index in [9.17, 15) is 9.59 Å². The van der Waals surface area contributed by atoms with Gasteiger partial charge < -0.3 is 20.2 Å². The van der Waals surface area contributed by atoms with E-state index in [1.54, 1.807) is 11.8 Å². The number of carboxylic acid groups (broad SMARTS) is 1. The van der Waals surface area contributed by atoms with E-state index in [4.69, 9.17) is 5.11 Å². The molecule has 1 aromatic rings. The van der Waals surface area contributed by atoms with Gasteiger partial charge in [-0.1, -0.05) is 18.2 Å². The number of thioether (sulfide) groups is 1. The molecule has 0 bridgehead atoms. The van der Waals surface area contributed by atoms with Gasteiger partial charge >= 0.3 is 6.09 Å². The zero-order chi connectivity index (χ0) is 17.4. The third-order valence-electron chi connectivity index (χ3n) is 4.08. The van der Waals surface area contributed by atoms with Crippen LogP contribution in [0.25, 0.3) is 0 Å². The molecule has 0 unspecified atom stereocenters. The van der Waals surface area contributed by atoms with Crippen molar-refractivity contribution >= 4 is 23.8 Å². The van der Waals surface area contributed by atoms with E-state index in [2.05, 4.69) is 17.3 Å². The summed E-state index contributed by atoms with van der Waals surface area (Å²) in [6.45, 7) is 3.30. The van der Waals surface area contributed by atoms with Gasteiger partial charge in [-0.25, -0.2) is 4.79 Å². The number of hydrogen-bond donors (Lipinski definition) is 2. The molecule has 0 aromatic heterocycles. The van der Waals surface area contributed by atoms with E-state index in [0.717, 1.165) is 31.1 Å². The van der Waals surface area contributed by atoms with Crippen LogP contribution in [0.1, 0.15) is 12.8 Å². The summed E-state index contributed by atoms with van der Waals surface area (Å²) < 4.78 is 0. The lowest BCUT2D eigenvalue weighted by Crippen LogP contribution is -2.47. The Balaban J connectivity index is 1.79. The molecular weight excluding hydrogens is 326 g/mol. The largest absolute Gasteiger partial charge is 0.465 e. The number of carbonyl (C=O) groups excluding carboxylic acids is 1. The van der Waals surface area contributed by atoms with Crippen LogP contribution >= 0.6 is 11.8 Å². The molecule has 24 heavy (non-hydrogen) atoms. The molecule has 2 N–H and O–H groups in total. The van der Waals surface area contributed by atoms with Gasteiger partial charge in [0, 0.05) is 49.3 Å². The highest BCUT2D eigenvalue weighted by Crippen LogP contribution is 2.19. The lowest BCUT2D eigenvalue weighted by atomic mass is 10.1. The molecule has 1 aliphatic heterocycles. The van der Waals surface area contributed by atoms with Crippen molar-refractivity contribution in [2.45, 2.75) is 23.8 Å². The van der Waals surface area contributed by atoms with Crippen molar-refractivity contribution in [1.82, 2.24) is 15.1 Å². The average Bonchev–Trinajstić information content (AvgIpc) is 2.58. The summed E-state index contributed by atoms with van der Waals surface area (Å²) in [5, 5.41) is 11.5. The maximum absolute atomic E-state index is 12.3. The second-order valence-electron chi connectivity index (χ2n) is 5.99. The van der Waals surface area contributed by atoms with Crippen LogP contribution in [-0.4, -0.2) is 71.9 Å². The number of nitrogens with one attached hydrogen (secondary N) is 1. The van der Waals surface area contributed by atoms with Crippen molar-refractivity contribution in [3.63, 3.8) is 0 Å². The summed E-state index contributed by atoms with van der Waals surface area (Å²) in [6.07, 6.45) is -0.137. The first-order valence-electron chi connectivity index (χ1n) is 8.18. The van der Waals surface area contributed by atoms with Gasteiger partial charge in [0.15, 0.2) is 0 Å². The monoisotopic (exact) mass is 351 g/mol. The van der Waals surface area contributed by atoms with E-state index in [1.165, 1.54) is 0 Å². The summed E-state index contributed by atoms with van der Waals surface area (Å²) in [6, 6.07) is 9.63. The Morgan fingerprint density at radius 1 is 1.21 bits per heavy atom. The van der Waals surface area contributed by atoms with Gasteiger partial charge in [-0.15, -0.1) is 11.8 Å². The summed E-state index contributed by atoms with van der Waals surface area (Å²) in [4.78, 5) is 28.5. The molecule has 1 atom stereocenters. The van der Waals surface area contributed by atoms with Gasteiger partial charge in [-0.2, -0.15) is 0 Å². The first-order chi connectivity index (χ1) is 11.5. The van der Waals surface area contributed by atoms with Crippen LogP contribution in [0.2, 0.25) is 0 Å². The standard InChI is InChI=1S/C17H25N3O3S/c1-19-9-11-20(12-10-19)16(21)8-7-14(18-17(22)23)13-24-15-5-3-2-4-6-15/h2-6,14,18H,7-13H2,1H3,(H,22,23)/t14-/m1/s1. The fourth-order valence-electron chi connectivity index (χ4n) is 2.60. The highest BCUT2D eigenvalue weighted by Gasteiger charge is 2.21. The van der Waals surface area contributed by atoms with Gasteiger partial charge in [0.1, 0.15) is 0 Å². The van der Waals surface area contributed by atoms with Gasteiger partial charge in [-0.05, 0) is 25.6 Å². The van der Waals surface area contributed by atoms with Crippen molar-refractivity contribution in [2.24, 2.45) is 0 Å². The van der Waals surface area contributed by atoms with Crippen molar-refractivity contribution in [3.8, 4) is 0 Å². The molecule has 1 aliphatic rings. The van der Waals surface area contributed by atoms with Crippen LogP contribution in [0, 0.1) is 0 Å². The van der Waals surface area contributed by atoms with Crippen LogP contribution in [0.5, 0.6) is 0 Å². The van der Waals surface area contributed by atoms with Crippen LogP contribution < -0.4 is 5.32 Å². The molecule has 1 aromatic carbocycles. The van der Waals surface area contributed by atoms with E-state index >= 15 is 0 Å². The molecule has 2 rings (SSSR count). The summed E-state index contributed by atoms with van der Waals surface area (Å²) in [5.74, 6) is 0.733. The maximum atomic E-state index is 12.3. The third-order valence-corrected chi connectivity index (χ3v) is 5.26. The lowest BCUT2D eigenvalue weighted by molar-refractivity contribution is -0.132. The lowest BCUT2D eigenvalue weighted by Gasteiger charge is -2.32. The van der Waals surface area contributed by atoms with Crippen molar-refractivity contribution in [2.75, 3.05) is 39.0 Å². The van der Waals surface area contributed by atoms with Crippen LogP contribution in [0.15, 0.2) is 35.2 Å². The highest BCUT2D eigenvalue weighted by atomic mass is 32.2. The van der Waals surface area contributed by atoms with Crippen molar-refractivity contribution < 1.29 is 14.7 Å². The second kappa shape index (κ2) is 9.54. The first-order valence-corrected chi connectivity index (χ1v) is 9.17. The Hall–Kier alpha value is -1.73. The number of hydrogen-bond acceptors (Lipinski definition) is 4. The number of piperazine rings is 1. The summed E-state index contributed by atoms with van der Waals surface area (Å²) in [5.41, 5.74) is 0. The third kappa shape index (κ3) is 6.41. The molecule has 2 amide bonds. The number of likely N-dealkylation sites (N-methyl/N-ethyl adjacent to an activating group) is 1. The van der Waals surface area contributed by atoms with Crippen LogP contribution in [0.4, 0.5) is 4.79 Å². The summed E-state index contributed by atoms with van der Waals surface area (Å²) in [7, 11) is 2.05. The Labute approximate surface area is 147 Å².